The van der Waals surface area contributed by atoms with Gasteiger partial charge < -0.3 is 9.80 Å². The second kappa shape index (κ2) is 7.75. The van der Waals surface area contributed by atoms with Gasteiger partial charge in [-0.25, -0.2) is 4.63 Å². The topological polar surface area (TPSA) is 92.4 Å². The number of rotatable bonds is 5. The minimum Gasteiger partial charge on any atom is -0.341 e. The van der Waals surface area contributed by atoms with Gasteiger partial charge in [0.2, 0.25) is 11.8 Å². The van der Waals surface area contributed by atoms with Crippen LogP contribution in [0.5, 0.6) is 0 Å². The fourth-order valence-corrected chi connectivity index (χ4v) is 3.55. The van der Waals surface area contributed by atoms with Crippen LogP contribution in [0, 0.1) is 5.92 Å². The van der Waals surface area contributed by atoms with Gasteiger partial charge in [-0.1, -0.05) is 12.1 Å². The third-order valence-corrected chi connectivity index (χ3v) is 5.04. The maximum atomic E-state index is 12.9. The third-order valence-electron chi connectivity index (χ3n) is 5.04. The number of hydrogen-bond donors (Lipinski definition) is 0. The van der Waals surface area contributed by atoms with Gasteiger partial charge in [-0.05, 0) is 46.6 Å². The highest BCUT2D eigenvalue weighted by molar-refractivity contribution is 5.84. The van der Waals surface area contributed by atoms with Crippen molar-refractivity contribution in [1.82, 2.24) is 25.1 Å². The van der Waals surface area contributed by atoms with E-state index in [1.165, 1.54) is 0 Å². The van der Waals surface area contributed by atoms with Crippen LogP contribution in [0.3, 0.4) is 0 Å². The van der Waals surface area contributed by atoms with Gasteiger partial charge in [0.05, 0.1) is 18.2 Å². The molecule has 0 spiro atoms. The number of piperidine rings is 1. The number of aromatic nitrogens is 3. The Hall–Kier alpha value is -3.29. The van der Waals surface area contributed by atoms with E-state index in [9.17, 15) is 9.59 Å². The van der Waals surface area contributed by atoms with Gasteiger partial charge in [0.15, 0.2) is 0 Å². The SMILES string of the molecule is CN(Cc1ccc2nonc2c1)C(=O)C1CCC(=O)N(Cc2ccccn2)C1. The molecule has 28 heavy (non-hydrogen) atoms. The van der Waals surface area contributed by atoms with Crippen molar-refractivity contribution in [2.24, 2.45) is 5.92 Å². The Kier molecular flexibility index (Phi) is 5.01. The van der Waals surface area contributed by atoms with E-state index in [2.05, 4.69) is 15.3 Å². The summed E-state index contributed by atoms with van der Waals surface area (Å²) >= 11 is 0. The van der Waals surface area contributed by atoms with E-state index in [0.717, 1.165) is 11.3 Å². The zero-order chi connectivity index (χ0) is 19.5. The van der Waals surface area contributed by atoms with Crippen LogP contribution in [-0.4, -0.2) is 50.5 Å². The maximum Gasteiger partial charge on any atom is 0.227 e. The smallest absolute Gasteiger partial charge is 0.227 e. The number of nitrogens with zero attached hydrogens (tertiary/aromatic N) is 5. The fraction of sp³-hybridized carbons (Fsp3) is 0.350. The molecular formula is C20H21N5O3. The summed E-state index contributed by atoms with van der Waals surface area (Å²) in [5, 5.41) is 7.63. The number of carbonyl (C=O) groups excluding carboxylic acids is 2. The molecule has 1 aliphatic heterocycles. The molecule has 0 N–H and O–H groups in total. The van der Waals surface area contributed by atoms with Gasteiger partial charge in [-0.15, -0.1) is 0 Å². The van der Waals surface area contributed by atoms with Crippen LogP contribution in [0.15, 0.2) is 47.2 Å². The van der Waals surface area contributed by atoms with Crippen LogP contribution in [-0.2, 0) is 22.7 Å². The minimum atomic E-state index is -0.205. The lowest BCUT2D eigenvalue weighted by atomic mass is 9.95. The zero-order valence-corrected chi connectivity index (χ0v) is 15.6. The Morgan fingerprint density at radius 1 is 1.25 bits per heavy atom. The summed E-state index contributed by atoms with van der Waals surface area (Å²) in [6, 6.07) is 11.2. The van der Waals surface area contributed by atoms with Crippen molar-refractivity contribution in [3.63, 3.8) is 0 Å². The molecule has 1 aromatic carbocycles. The molecule has 8 heteroatoms. The van der Waals surface area contributed by atoms with Gasteiger partial charge in [0, 0.05) is 32.8 Å². The lowest BCUT2D eigenvalue weighted by Crippen LogP contribution is -2.45. The third kappa shape index (κ3) is 3.85. The summed E-state index contributed by atoms with van der Waals surface area (Å²) < 4.78 is 4.72. The molecule has 2 amide bonds. The first-order valence-electron chi connectivity index (χ1n) is 9.24. The van der Waals surface area contributed by atoms with Crippen LogP contribution >= 0.6 is 0 Å². The molecule has 0 bridgehead atoms. The molecule has 3 aromatic rings. The van der Waals surface area contributed by atoms with Crippen molar-refractivity contribution in [3.05, 3.63) is 53.9 Å². The normalized spacial score (nSPS) is 17.1. The van der Waals surface area contributed by atoms with E-state index < -0.39 is 0 Å². The van der Waals surface area contributed by atoms with E-state index in [1.807, 2.05) is 36.4 Å². The number of benzene rings is 1. The zero-order valence-electron chi connectivity index (χ0n) is 15.6. The van der Waals surface area contributed by atoms with Crippen molar-refractivity contribution in [2.75, 3.05) is 13.6 Å². The monoisotopic (exact) mass is 379 g/mol. The van der Waals surface area contributed by atoms with Crippen molar-refractivity contribution >= 4 is 22.8 Å². The van der Waals surface area contributed by atoms with E-state index >= 15 is 0 Å². The Morgan fingerprint density at radius 3 is 2.93 bits per heavy atom. The summed E-state index contributed by atoms with van der Waals surface area (Å²) in [6.45, 7) is 1.32. The second-order valence-corrected chi connectivity index (χ2v) is 7.11. The molecule has 0 aliphatic carbocycles. The Bertz CT molecular complexity index is 988. The average Bonchev–Trinajstić information content (AvgIpc) is 3.18. The number of likely N-dealkylation sites (tertiary alicyclic amines) is 1. The van der Waals surface area contributed by atoms with Crippen LogP contribution in [0.25, 0.3) is 11.0 Å². The molecule has 1 saturated heterocycles. The van der Waals surface area contributed by atoms with Crippen molar-refractivity contribution in [3.8, 4) is 0 Å². The quantitative estimate of drug-likeness (QED) is 0.673. The summed E-state index contributed by atoms with van der Waals surface area (Å²) in [5.74, 6) is -0.0953. The number of pyridine rings is 1. The first-order chi connectivity index (χ1) is 13.6. The lowest BCUT2D eigenvalue weighted by Gasteiger charge is -2.33. The van der Waals surface area contributed by atoms with Crippen LogP contribution in [0.2, 0.25) is 0 Å². The predicted molar refractivity (Wildman–Crippen MR) is 101 cm³/mol. The molecule has 2 aromatic heterocycles. The van der Waals surface area contributed by atoms with E-state index in [4.69, 9.17) is 4.63 Å². The Morgan fingerprint density at radius 2 is 2.11 bits per heavy atom. The molecule has 144 valence electrons. The summed E-state index contributed by atoms with van der Waals surface area (Å²) in [5.41, 5.74) is 3.14. The number of amides is 2. The van der Waals surface area contributed by atoms with E-state index in [1.54, 1.807) is 23.0 Å². The molecule has 0 radical (unpaired) electrons. The van der Waals surface area contributed by atoms with Crippen LogP contribution in [0.1, 0.15) is 24.1 Å². The molecule has 1 fully saturated rings. The average molecular weight is 379 g/mol. The largest absolute Gasteiger partial charge is 0.341 e. The van der Waals surface area contributed by atoms with Gasteiger partial charge in [0.25, 0.3) is 0 Å². The Labute approximate surface area is 162 Å². The summed E-state index contributed by atoms with van der Waals surface area (Å²) in [6.07, 6.45) is 2.67. The van der Waals surface area contributed by atoms with Gasteiger partial charge in [0.1, 0.15) is 11.0 Å². The molecule has 1 unspecified atom stereocenters. The highest BCUT2D eigenvalue weighted by Crippen LogP contribution is 2.22. The number of carbonyl (C=O) groups is 2. The standard InChI is InChI=1S/C20H21N5O3/c1-24(11-14-5-7-17-18(10-14)23-28-22-17)20(27)15-6-8-19(26)25(12-15)13-16-4-2-3-9-21-16/h2-5,7,9-10,15H,6,8,11-13H2,1H3. The molecule has 0 saturated carbocycles. The number of hydrogen-bond acceptors (Lipinski definition) is 6. The van der Waals surface area contributed by atoms with Gasteiger partial charge in [-0.3, -0.25) is 14.6 Å². The summed E-state index contributed by atoms with van der Waals surface area (Å²) in [4.78, 5) is 32.9. The number of fused-ring (bicyclic) bond motifs is 1. The molecule has 1 atom stereocenters. The molecular weight excluding hydrogens is 358 g/mol. The molecule has 8 nitrogen and oxygen atoms in total. The van der Waals surface area contributed by atoms with Crippen LogP contribution < -0.4 is 0 Å². The van der Waals surface area contributed by atoms with Gasteiger partial charge >= 0.3 is 0 Å². The van der Waals surface area contributed by atoms with E-state index in [0.29, 0.717) is 43.5 Å². The summed E-state index contributed by atoms with van der Waals surface area (Å²) in [7, 11) is 1.78. The molecule has 4 rings (SSSR count). The fourth-order valence-electron chi connectivity index (χ4n) is 3.55. The predicted octanol–water partition coefficient (Wildman–Crippen LogP) is 2.01. The first kappa shape index (κ1) is 18.1. The van der Waals surface area contributed by atoms with Crippen molar-refractivity contribution in [2.45, 2.75) is 25.9 Å². The lowest BCUT2D eigenvalue weighted by molar-refractivity contribution is -0.143. The van der Waals surface area contributed by atoms with E-state index in [-0.39, 0.29) is 17.7 Å². The molecule has 1 aliphatic rings. The highest BCUT2D eigenvalue weighted by Gasteiger charge is 2.32. The van der Waals surface area contributed by atoms with Crippen molar-refractivity contribution in [1.29, 1.82) is 0 Å². The Balaban J connectivity index is 1.40. The second-order valence-electron chi connectivity index (χ2n) is 7.11. The van der Waals surface area contributed by atoms with Crippen LogP contribution in [0.4, 0.5) is 0 Å². The van der Waals surface area contributed by atoms with Crippen molar-refractivity contribution < 1.29 is 14.2 Å². The minimum absolute atomic E-state index is 0.0388. The van der Waals surface area contributed by atoms with Gasteiger partial charge in [-0.2, -0.15) is 0 Å². The maximum absolute atomic E-state index is 12.9. The molecule has 3 heterocycles. The first-order valence-corrected chi connectivity index (χ1v) is 9.24. The highest BCUT2D eigenvalue weighted by atomic mass is 16.6.